The van der Waals surface area contributed by atoms with Gasteiger partial charge in [-0.05, 0) is 64.8 Å². The summed E-state index contributed by atoms with van der Waals surface area (Å²) in [5.41, 5.74) is 0. The van der Waals surface area contributed by atoms with Gasteiger partial charge in [-0.3, -0.25) is 14.5 Å². The van der Waals surface area contributed by atoms with E-state index in [0.29, 0.717) is 12.1 Å². The number of nitrogens with zero attached hydrogens (tertiary/aromatic N) is 2. The van der Waals surface area contributed by atoms with Crippen LogP contribution in [-0.4, -0.2) is 59.4 Å². The van der Waals surface area contributed by atoms with Crippen LogP contribution in [0, 0.1) is 5.92 Å². The molecule has 0 aromatic carbocycles. The van der Waals surface area contributed by atoms with Crippen molar-refractivity contribution in [3.05, 3.63) is 0 Å². The van der Waals surface area contributed by atoms with Crippen molar-refractivity contribution in [3.8, 4) is 0 Å². The Hall–Kier alpha value is -1.10. The standard InChI is InChI=1S/C22H39N3O2/c1-3-20-13-7-8-15-25(20)22(27)17(2)24-14-9-10-18(16-24)21(26)23-19-11-5-4-6-12-19/h17-20H,3-16H2,1-2H3,(H,23,26). The Morgan fingerprint density at radius 2 is 1.70 bits per heavy atom. The molecule has 0 spiro atoms. The molecular formula is C22H39N3O2. The Bertz CT molecular complexity index is 504. The van der Waals surface area contributed by atoms with Crippen molar-refractivity contribution < 1.29 is 9.59 Å². The third kappa shape index (κ3) is 5.24. The normalized spacial score (nSPS) is 29.3. The summed E-state index contributed by atoms with van der Waals surface area (Å²) in [6.07, 6.45) is 12.6. The number of hydrogen-bond donors (Lipinski definition) is 1. The maximum atomic E-state index is 13.1. The van der Waals surface area contributed by atoms with E-state index in [4.69, 9.17) is 0 Å². The molecule has 1 aliphatic carbocycles. The fourth-order valence-electron chi connectivity index (χ4n) is 5.25. The maximum Gasteiger partial charge on any atom is 0.239 e. The summed E-state index contributed by atoms with van der Waals surface area (Å²) in [6, 6.07) is 0.672. The number of amides is 2. The van der Waals surface area contributed by atoms with E-state index < -0.39 is 0 Å². The van der Waals surface area contributed by atoms with Crippen LogP contribution in [-0.2, 0) is 9.59 Å². The maximum absolute atomic E-state index is 13.1. The minimum atomic E-state index is -0.109. The van der Waals surface area contributed by atoms with Crippen LogP contribution in [0.5, 0.6) is 0 Å². The van der Waals surface area contributed by atoms with Gasteiger partial charge in [0.05, 0.1) is 12.0 Å². The van der Waals surface area contributed by atoms with Crippen LogP contribution >= 0.6 is 0 Å². The molecule has 5 heteroatoms. The van der Waals surface area contributed by atoms with Gasteiger partial charge in [-0.2, -0.15) is 0 Å². The van der Waals surface area contributed by atoms with Crippen molar-refractivity contribution in [1.29, 1.82) is 0 Å². The van der Waals surface area contributed by atoms with Gasteiger partial charge in [-0.25, -0.2) is 0 Å². The van der Waals surface area contributed by atoms with Crippen LogP contribution in [0.2, 0.25) is 0 Å². The summed E-state index contributed by atoms with van der Waals surface area (Å²) >= 11 is 0. The zero-order valence-electron chi connectivity index (χ0n) is 17.4. The molecule has 2 heterocycles. The zero-order chi connectivity index (χ0) is 19.2. The second kappa shape index (κ2) is 9.90. The molecule has 3 rings (SSSR count). The topological polar surface area (TPSA) is 52.7 Å². The number of piperidine rings is 2. The van der Waals surface area contributed by atoms with Crippen molar-refractivity contribution in [1.82, 2.24) is 15.1 Å². The fourth-order valence-corrected chi connectivity index (χ4v) is 5.25. The third-order valence-corrected chi connectivity index (χ3v) is 7.06. The highest BCUT2D eigenvalue weighted by Gasteiger charge is 2.35. The van der Waals surface area contributed by atoms with Gasteiger partial charge in [0, 0.05) is 25.2 Å². The molecule has 2 amide bonds. The smallest absolute Gasteiger partial charge is 0.239 e. The van der Waals surface area contributed by atoms with Crippen LogP contribution in [0.15, 0.2) is 0 Å². The molecule has 0 bridgehead atoms. The van der Waals surface area contributed by atoms with Gasteiger partial charge in [0.1, 0.15) is 0 Å². The number of nitrogens with one attached hydrogen (secondary N) is 1. The van der Waals surface area contributed by atoms with Gasteiger partial charge in [0.15, 0.2) is 0 Å². The molecule has 0 aromatic heterocycles. The molecule has 154 valence electrons. The van der Waals surface area contributed by atoms with Crippen LogP contribution in [0.4, 0.5) is 0 Å². The van der Waals surface area contributed by atoms with Gasteiger partial charge in [-0.1, -0.05) is 26.2 Å². The lowest BCUT2D eigenvalue weighted by Crippen LogP contribution is -2.55. The van der Waals surface area contributed by atoms with Crippen molar-refractivity contribution >= 4 is 11.8 Å². The van der Waals surface area contributed by atoms with Gasteiger partial charge in [0.25, 0.3) is 0 Å². The van der Waals surface area contributed by atoms with Crippen molar-refractivity contribution in [2.75, 3.05) is 19.6 Å². The molecule has 3 aliphatic rings. The van der Waals surface area contributed by atoms with Crippen LogP contribution < -0.4 is 5.32 Å². The van der Waals surface area contributed by atoms with Crippen molar-refractivity contribution in [2.45, 2.75) is 103 Å². The van der Waals surface area contributed by atoms with Crippen LogP contribution in [0.25, 0.3) is 0 Å². The quantitative estimate of drug-likeness (QED) is 0.800. The van der Waals surface area contributed by atoms with E-state index in [1.54, 1.807) is 0 Å². The second-order valence-electron chi connectivity index (χ2n) is 8.94. The van der Waals surface area contributed by atoms with Gasteiger partial charge < -0.3 is 10.2 Å². The molecule has 27 heavy (non-hydrogen) atoms. The third-order valence-electron chi connectivity index (χ3n) is 7.06. The summed E-state index contributed by atoms with van der Waals surface area (Å²) in [4.78, 5) is 30.3. The molecule has 0 aromatic rings. The molecule has 3 atom stereocenters. The van der Waals surface area contributed by atoms with E-state index >= 15 is 0 Å². The van der Waals surface area contributed by atoms with E-state index in [1.807, 2.05) is 6.92 Å². The number of carbonyl (C=O) groups is 2. The Labute approximate surface area is 165 Å². The first-order valence-electron chi connectivity index (χ1n) is 11.4. The predicted molar refractivity (Wildman–Crippen MR) is 108 cm³/mol. The summed E-state index contributed by atoms with van der Waals surface area (Å²) in [5, 5.41) is 3.30. The Kier molecular flexibility index (Phi) is 7.57. The van der Waals surface area contributed by atoms with Gasteiger partial charge >= 0.3 is 0 Å². The summed E-state index contributed by atoms with van der Waals surface area (Å²) in [7, 11) is 0. The SMILES string of the molecule is CCC1CCCCN1C(=O)C(C)N1CCCC(C(=O)NC2CCCCC2)C1. The monoisotopic (exact) mass is 377 g/mol. The minimum Gasteiger partial charge on any atom is -0.353 e. The molecule has 2 aliphatic heterocycles. The van der Waals surface area contributed by atoms with Gasteiger partial charge in [-0.15, -0.1) is 0 Å². The molecule has 3 unspecified atom stereocenters. The van der Waals surface area contributed by atoms with E-state index in [-0.39, 0.29) is 23.8 Å². The van der Waals surface area contributed by atoms with E-state index in [1.165, 1.54) is 25.7 Å². The molecule has 2 saturated heterocycles. The van der Waals surface area contributed by atoms with Crippen molar-refractivity contribution in [2.24, 2.45) is 5.92 Å². The predicted octanol–water partition coefficient (Wildman–Crippen LogP) is 3.33. The number of hydrogen-bond acceptors (Lipinski definition) is 3. The number of likely N-dealkylation sites (tertiary alicyclic amines) is 2. The first-order chi connectivity index (χ1) is 13.1. The van der Waals surface area contributed by atoms with Crippen molar-refractivity contribution in [3.63, 3.8) is 0 Å². The molecular weight excluding hydrogens is 338 g/mol. The average Bonchev–Trinajstić information content (AvgIpc) is 2.73. The highest BCUT2D eigenvalue weighted by atomic mass is 16.2. The van der Waals surface area contributed by atoms with Crippen LogP contribution in [0.1, 0.15) is 84.5 Å². The van der Waals surface area contributed by atoms with E-state index in [2.05, 4.69) is 22.0 Å². The lowest BCUT2D eigenvalue weighted by atomic mass is 9.92. The van der Waals surface area contributed by atoms with Gasteiger partial charge in [0.2, 0.25) is 11.8 Å². The molecule has 1 saturated carbocycles. The summed E-state index contributed by atoms with van der Waals surface area (Å²) in [5.74, 6) is 0.532. The zero-order valence-corrected chi connectivity index (χ0v) is 17.4. The first kappa shape index (κ1) is 20.6. The highest BCUT2D eigenvalue weighted by molar-refractivity contribution is 5.82. The average molecular weight is 378 g/mol. The molecule has 0 radical (unpaired) electrons. The number of rotatable bonds is 5. The number of carbonyl (C=O) groups excluding carboxylic acids is 2. The molecule has 3 fully saturated rings. The largest absolute Gasteiger partial charge is 0.353 e. The Balaban J connectivity index is 1.54. The highest BCUT2D eigenvalue weighted by Crippen LogP contribution is 2.25. The molecule has 5 nitrogen and oxygen atoms in total. The fraction of sp³-hybridized carbons (Fsp3) is 0.909. The minimum absolute atomic E-state index is 0.0410. The van der Waals surface area contributed by atoms with Crippen LogP contribution in [0.3, 0.4) is 0 Å². The lowest BCUT2D eigenvalue weighted by Gasteiger charge is -2.41. The lowest BCUT2D eigenvalue weighted by molar-refractivity contribution is -0.142. The van der Waals surface area contributed by atoms with E-state index in [0.717, 1.165) is 64.6 Å². The second-order valence-corrected chi connectivity index (χ2v) is 8.94. The summed E-state index contributed by atoms with van der Waals surface area (Å²) in [6.45, 7) is 6.81. The first-order valence-corrected chi connectivity index (χ1v) is 11.4. The Morgan fingerprint density at radius 1 is 0.963 bits per heavy atom. The summed E-state index contributed by atoms with van der Waals surface area (Å²) < 4.78 is 0. The van der Waals surface area contributed by atoms with E-state index in [9.17, 15) is 9.59 Å². The molecule has 1 N–H and O–H groups in total. The Morgan fingerprint density at radius 3 is 2.44 bits per heavy atom.